The van der Waals surface area contributed by atoms with E-state index >= 15 is 0 Å². The number of rotatable bonds is 9. The standard InChI is InChI=1S/C22H25Cl2N3O3/c1-3-11-27(14-20(28)26-19-13-17(23)7-8-18(19)24)21(29)9-10-25-22(30)16-6-4-5-15(2)12-16/h4-8,12-13H,3,9-11,14H2,1-2H3,(H,25,30)(H,26,28). The number of amides is 3. The summed E-state index contributed by atoms with van der Waals surface area (Å²) in [5.74, 6) is -0.819. The van der Waals surface area contributed by atoms with Gasteiger partial charge in [-0.2, -0.15) is 0 Å². The van der Waals surface area contributed by atoms with Crippen LogP contribution in [0.3, 0.4) is 0 Å². The Kier molecular flexibility index (Phi) is 9.15. The van der Waals surface area contributed by atoms with Crippen molar-refractivity contribution in [2.24, 2.45) is 0 Å². The zero-order chi connectivity index (χ0) is 22.1. The molecule has 0 heterocycles. The van der Waals surface area contributed by atoms with Crippen LogP contribution < -0.4 is 10.6 Å². The molecule has 0 unspecified atom stereocenters. The van der Waals surface area contributed by atoms with E-state index in [1.807, 2.05) is 26.0 Å². The Morgan fingerprint density at radius 1 is 1.07 bits per heavy atom. The van der Waals surface area contributed by atoms with Crippen LogP contribution in [0, 0.1) is 6.92 Å². The lowest BCUT2D eigenvalue weighted by atomic mass is 10.1. The maximum Gasteiger partial charge on any atom is 0.251 e. The lowest BCUT2D eigenvalue weighted by Gasteiger charge is -2.22. The minimum Gasteiger partial charge on any atom is -0.352 e. The Morgan fingerprint density at radius 3 is 2.53 bits per heavy atom. The van der Waals surface area contributed by atoms with Crippen LogP contribution in [0.15, 0.2) is 42.5 Å². The minimum atomic E-state index is -0.371. The molecular weight excluding hydrogens is 425 g/mol. The molecule has 2 aromatic carbocycles. The molecule has 8 heteroatoms. The molecule has 0 aliphatic carbocycles. The van der Waals surface area contributed by atoms with Crippen molar-refractivity contribution in [1.29, 1.82) is 0 Å². The van der Waals surface area contributed by atoms with E-state index in [1.54, 1.807) is 30.3 Å². The SMILES string of the molecule is CCCN(CC(=O)Nc1cc(Cl)ccc1Cl)C(=O)CCNC(=O)c1cccc(C)c1. The molecule has 0 spiro atoms. The van der Waals surface area contributed by atoms with Gasteiger partial charge in [-0.25, -0.2) is 0 Å². The zero-order valence-electron chi connectivity index (χ0n) is 17.0. The van der Waals surface area contributed by atoms with Gasteiger partial charge in [0.1, 0.15) is 0 Å². The molecule has 0 fully saturated rings. The summed E-state index contributed by atoms with van der Waals surface area (Å²) in [4.78, 5) is 38.6. The van der Waals surface area contributed by atoms with Crippen molar-refractivity contribution >= 4 is 46.6 Å². The summed E-state index contributed by atoms with van der Waals surface area (Å²) in [7, 11) is 0. The van der Waals surface area contributed by atoms with Crippen LogP contribution in [0.4, 0.5) is 5.69 Å². The van der Waals surface area contributed by atoms with Crippen molar-refractivity contribution in [3.8, 4) is 0 Å². The normalized spacial score (nSPS) is 10.4. The predicted molar refractivity (Wildman–Crippen MR) is 120 cm³/mol. The third kappa shape index (κ3) is 7.35. The van der Waals surface area contributed by atoms with E-state index in [-0.39, 0.29) is 37.2 Å². The van der Waals surface area contributed by atoms with Crippen molar-refractivity contribution in [3.63, 3.8) is 0 Å². The molecule has 0 aliphatic heterocycles. The average Bonchev–Trinajstić information content (AvgIpc) is 2.70. The number of hydrogen-bond acceptors (Lipinski definition) is 3. The molecule has 0 saturated heterocycles. The van der Waals surface area contributed by atoms with Gasteiger partial charge in [0, 0.05) is 30.1 Å². The lowest BCUT2D eigenvalue weighted by molar-refractivity contribution is -0.134. The van der Waals surface area contributed by atoms with Gasteiger partial charge < -0.3 is 15.5 Å². The molecule has 2 aromatic rings. The van der Waals surface area contributed by atoms with Gasteiger partial charge in [0.2, 0.25) is 11.8 Å². The molecule has 0 aliphatic rings. The van der Waals surface area contributed by atoms with Gasteiger partial charge in [-0.3, -0.25) is 14.4 Å². The topological polar surface area (TPSA) is 78.5 Å². The summed E-state index contributed by atoms with van der Waals surface area (Å²) in [6, 6.07) is 12.0. The Morgan fingerprint density at radius 2 is 1.83 bits per heavy atom. The fourth-order valence-corrected chi connectivity index (χ4v) is 3.18. The van der Waals surface area contributed by atoms with Gasteiger partial charge in [-0.05, 0) is 43.7 Å². The molecule has 2 rings (SSSR count). The van der Waals surface area contributed by atoms with Gasteiger partial charge in [0.05, 0.1) is 17.3 Å². The molecule has 0 bridgehead atoms. The second-order valence-electron chi connectivity index (χ2n) is 6.86. The molecule has 30 heavy (non-hydrogen) atoms. The first-order valence-corrected chi connectivity index (χ1v) is 10.4. The molecule has 160 valence electrons. The van der Waals surface area contributed by atoms with Crippen LogP contribution in [0.2, 0.25) is 10.0 Å². The van der Waals surface area contributed by atoms with Gasteiger partial charge in [-0.15, -0.1) is 0 Å². The number of carbonyl (C=O) groups is 3. The van der Waals surface area contributed by atoms with Crippen molar-refractivity contribution < 1.29 is 14.4 Å². The van der Waals surface area contributed by atoms with Crippen LogP contribution >= 0.6 is 23.2 Å². The van der Waals surface area contributed by atoms with Gasteiger partial charge in [-0.1, -0.05) is 47.8 Å². The van der Waals surface area contributed by atoms with Gasteiger partial charge in [0.15, 0.2) is 0 Å². The average molecular weight is 450 g/mol. The highest BCUT2D eigenvalue weighted by Crippen LogP contribution is 2.25. The van der Waals surface area contributed by atoms with Gasteiger partial charge >= 0.3 is 0 Å². The highest BCUT2D eigenvalue weighted by atomic mass is 35.5. The fourth-order valence-electron chi connectivity index (χ4n) is 2.85. The molecule has 0 radical (unpaired) electrons. The third-order valence-electron chi connectivity index (χ3n) is 4.29. The smallest absolute Gasteiger partial charge is 0.251 e. The molecule has 0 atom stereocenters. The number of benzene rings is 2. The number of halogens is 2. The summed E-state index contributed by atoms with van der Waals surface area (Å²) in [6.45, 7) is 4.34. The van der Waals surface area contributed by atoms with Crippen LogP contribution in [0.25, 0.3) is 0 Å². The first kappa shape index (κ1) is 23.7. The summed E-state index contributed by atoms with van der Waals surface area (Å²) in [5, 5.41) is 6.22. The van der Waals surface area contributed by atoms with E-state index in [9.17, 15) is 14.4 Å². The maximum atomic E-state index is 12.6. The number of anilines is 1. The van der Waals surface area contributed by atoms with E-state index in [1.165, 1.54) is 4.90 Å². The first-order valence-electron chi connectivity index (χ1n) is 9.67. The Labute approximate surface area is 186 Å². The quantitative estimate of drug-likeness (QED) is 0.598. The Bertz CT molecular complexity index is 918. The molecule has 2 N–H and O–H groups in total. The molecule has 6 nitrogen and oxygen atoms in total. The Hall–Kier alpha value is -2.57. The zero-order valence-corrected chi connectivity index (χ0v) is 18.5. The summed E-state index contributed by atoms with van der Waals surface area (Å²) < 4.78 is 0. The summed E-state index contributed by atoms with van der Waals surface area (Å²) >= 11 is 12.0. The summed E-state index contributed by atoms with van der Waals surface area (Å²) in [5.41, 5.74) is 1.92. The number of carbonyl (C=O) groups excluding carboxylic acids is 3. The number of aryl methyl sites for hydroxylation is 1. The van der Waals surface area contributed by atoms with Crippen LogP contribution in [-0.2, 0) is 9.59 Å². The third-order valence-corrected chi connectivity index (χ3v) is 4.85. The molecular formula is C22H25Cl2N3O3. The second kappa shape index (κ2) is 11.6. The number of nitrogens with zero attached hydrogens (tertiary/aromatic N) is 1. The van der Waals surface area contributed by atoms with Crippen molar-refractivity contribution in [1.82, 2.24) is 10.2 Å². The molecule has 0 saturated carbocycles. The van der Waals surface area contributed by atoms with Crippen LogP contribution in [0.1, 0.15) is 35.7 Å². The van der Waals surface area contributed by atoms with Crippen LogP contribution in [-0.4, -0.2) is 42.3 Å². The first-order chi connectivity index (χ1) is 14.3. The van der Waals surface area contributed by atoms with E-state index in [2.05, 4.69) is 10.6 Å². The minimum absolute atomic E-state index is 0.1000. The fraction of sp³-hybridized carbons (Fsp3) is 0.318. The van der Waals surface area contributed by atoms with E-state index in [4.69, 9.17) is 23.2 Å². The van der Waals surface area contributed by atoms with Crippen molar-refractivity contribution in [2.75, 3.05) is 25.0 Å². The van der Waals surface area contributed by atoms with Crippen LogP contribution in [0.5, 0.6) is 0 Å². The second-order valence-corrected chi connectivity index (χ2v) is 7.71. The van der Waals surface area contributed by atoms with Crippen molar-refractivity contribution in [3.05, 3.63) is 63.6 Å². The largest absolute Gasteiger partial charge is 0.352 e. The van der Waals surface area contributed by atoms with E-state index in [0.717, 1.165) is 5.56 Å². The van der Waals surface area contributed by atoms with Crippen molar-refractivity contribution in [2.45, 2.75) is 26.7 Å². The van der Waals surface area contributed by atoms with E-state index in [0.29, 0.717) is 34.3 Å². The number of hydrogen-bond donors (Lipinski definition) is 2. The highest BCUT2D eigenvalue weighted by Gasteiger charge is 2.17. The van der Waals surface area contributed by atoms with E-state index < -0.39 is 0 Å². The number of nitrogens with one attached hydrogen (secondary N) is 2. The summed E-state index contributed by atoms with van der Waals surface area (Å²) in [6.07, 6.45) is 0.801. The Balaban J connectivity index is 1.88. The predicted octanol–water partition coefficient (Wildman–Crippen LogP) is 4.30. The molecule has 0 aromatic heterocycles. The maximum absolute atomic E-state index is 12.6. The van der Waals surface area contributed by atoms with Gasteiger partial charge in [0.25, 0.3) is 5.91 Å². The highest BCUT2D eigenvalue weighted by molar-refractivity contribution is 6.35. The lowest BCUT2D eigenvalue weighted by Crippen LogP contribution is -2.40. The molecule has 3 amide bonds. The monoisotopic (exact) mass is 449 g/mol.